The van der Waals surface area contributed by atoms with Crippen LogP contribution in [-0.4, -0.2) is 87.0 Å². The molecule has 0 bridgehead atoms. The van der Waals surface area contributed by atoms with E-state index >= 15 is 0 Å². The van der Waals surface area contributed by atoms with E-state index in [1.54, 1.807) is 13.2 Å². The maximum absolute atomic E-state index is 14.6. The lowest BCUT2D eigenvalue weighted by Gasteiger charge is -2.44. The van der Waals surface area contributed by atoms with Gasteiger partial charge in [0.15, 0.2) is 0 Å². The van der Waals surface area contributed by atoms with E-state index in [2.05, 4.69) is 10.6 Å². The van der Waals surface area contributed by atoms with Crippen LogP contribution < -0.4 is 10.6 Å². The summed E-state index contributed by atoms with van der Waals surface area (Å²) in [5.41, 5.74) is -2.18. The van der Waals surface area contributed by atoms with Crippen LogP contribution in [0.25, 0.3) is 0 Å². The first-order valence-electron chi connectivity index (χ1n) is 9.22. The van der Waals surface area contributed by atoms with Crippen molar-refractivity contribution in [3.8, 4) is 0 Å². The number of thioether (sulfide) groups is 1. The Balaban J connectivity index is 2.08. The lowest BCUT2D eigenvalue weighted by molar-refractivity contribution is -0.205. The van der Waals surface area contributed by atoms with Gasteiger partial charge in [0.1, 0.15) is 35.5 Å². The van der Waals surface area contributed by atoms with E-state index in [1.807, 2.05) is 6.92 Å². The first-order valence-corrected chi connectivity index (χ1v) is 10.9. The summed E-state index contributed by atoms with van der Waals surface area (Å²) in [7, 11) is 0. The van der Waals surface area contributed by atoms with E-state index in [4.69, 9.17) is 16.3 Å². The monoisotopic (exact) mass is 428 g/mol. The zero-order valence-electron chi connectivity index (χ0n) is 15.8. The van der Waals surface area contributed by atoms with Crippen molar-refractivity contribution in [2.24, 2.45) is 0 Å². The van der Waals surface area contributed by atoms with E-state index < -0.39 is 58.9 Å². The number of aliphatic hydroxyl groups is 3. The highest BCUT2D eigenvalue weighted by atomic mass is 35.5. The van der Waals surface area contributed by atoms with Gasteiger partial charge in [-0.2, -0.15) is 0 Å². The number of hydrogen-bond acceptors (Lipinski definition) is 7. The molecule has 27 heavy (non-hydrogen) atoms. The third-order valence-corrected chi connectivity index (χ3v) is 6.37. The first-order chi connectivity index (χ1) is 12.6. The molecule has 2 aliphatic rings. The molecule has 0 aliphatic carbocycles. The van der Waals surface area contributed by atoms with Gasteiger partial charge in [-0.15, -0.1) is 23.4 Å². The van der Waals surface area contributed by atoms with Gasteiger partial charge in [0.25, 0.3) is 0 Å². The summed E-state index contributed by atoms with van der Waals surface area (Å²) < 4.78 is 20.3. The Morgan fingerprint density at radius 3 is 2.63 bits per heavy atom. The molecule has 1 amide bonds. The Kier molecular flexibility index (Phi) is 8.19. The number of aliphatic hydroxyl groups excluding tert-OH is 3. The highest BCUT2D eigenvalue weighted by molar-refractivity contribution is 7.99. The van der Waals surface area contributed by atoms with Crippen molar-refractivity contribution < 1.29 is 29.2 Å². The fraction of sp³-hybridized carbons (Fsp3) is 0.941. The molecular formula is C17H30ClFN2O5S. The SMILES string of the molecule is CCCC1(F)CNC(C(=O)N[C@@H]([C@H]2O[C@H](SC)[C@H](O)[C@@H](O)[C@H]2O)[C@H](C)Cl)C1. The predicted octanol–water partition coefficient (Wildman–Crippen LogP) is 0.139. The molecule has 0 radical (unpaired) electrons. The summed E-state index contributed by atoms with van der Waals surface area (Å²) in [6.45, 7) is 3.64. The molecule has 2 heterocycles. The van der Waals surface area contributed by atoms with Crippen molar-refractivity contribution in [3.63, 3.8) is 0 Å². The summed E-state index contributed by atoms with van der Waals surface area (Å²) >= 11 is 7.40. The minimum atomic E-state index is -1.43. The van der Waals surface area contributed by atoms with Gasteiger partial charge in [-0.3, -0.25) is 4.79 Å². The fourth-order valence-corrected chi connectivity index (χ4v) is 4.61. The van der Waals surface area contributed by atoms with Crippen LogP contribution >= 0.6 is 23.4 Å². The normalized spacial score (nSPS) is 41.9. The van der Waals surface area contributed by atoms with Gasteiger partial charge < -0.3 is 30.7 Å². The molecule has 9 atom stereocenters. The topological polar surface area (TPSA) is 111 Å². The molecule has 158 valence electrons. The molecule has 7 nitrogen and oxygen atoms in total. The van der Waals surface area contributed by atoms with Crippen LogP contribution in [0.3, 0.4) is 0 Å². The van der Waals surface area contributed by atoms with E-state index in [9.17, 15) is 24.5 Å². The van der Waals surface area contributed by atoms with E-state index in [0.29, 0.717) is 12.8 Å². The Hall–Kier alpha value is -0.160. The molecule has 10 heteroatoms. The van der Waals surface area contributed by atoms with Crippen LogP contribution in [0.2, 0.25) is 0 Å². The number of carbonyl (C=O) groups excluding carboxylic acids is 1. The largest absolute Gasteiger partial charge is 0.388 e. The fourth-order valence-electron chi connectivity index (χ4n) is 3.73. The maximum Gasteiger partial charge on any atom is 0.237 e. The molecule has 2 unspecified atom stereocenters. The molecule has 5 N–H and O–H groups in total. The van der Waals surface area contributed by atoms with Crippen LogP contribution in [0.4, 0.5) is 4.39 Å². The summed E-state index contributed by atoms with van der Waals surface area (Å²) in [4.78, 5) is 12.6. The number of alkyl halides is 2. The zero-order chi connectivity index (χ0) is 20.4. The van der Waals surface area contributed by atoms with Gasteiger partial charge in [0.2, 0.25) is 5.91 Å². The molecule has 2 saturated heterocycles. The van der Waals surface area contributed by atoms with E-state index in [1.165, 1.54) is 11.8 Å². The predicted molar refractivity (Wildman–Crippen MR) is 103 cm³/mol. The van der Waals surface area contributed by atoms with Gasteiger partial charge in [0.05, 0.1) is 17.5 Å². The maximum atomic E-state index is 14.6. The number of ether oxygens (including phenoxy) is 1. The van der Waals surface area contributed by atoms with Gasteiger partial charge >= 0.3 is 0 Å². The van der Waals surface area contributed by atoms with Crippen molar-refractivity contribution in [3.05, 3.63) is 0 Å². The molecule has 0 aromatic carbocycles. The first kappa shape index (κ1) is 23.1. The number of rotatable bonds is 7. The van der Waals surface area contributed by atoms with Gasteiger partial charge in [-0.25, -0.2) is 4.39 Å². The highest BCUT2D eigenvalue weighted by Crippen LogP contribution is 2.31. The summed E-state index contributed by atoms with van der Waals surface area (Å²) in [5.74, 6) is -0.430. The number of amides is 1. The highest BCUT2D eigenvalue weighted by Gasteiger charge is 2.49. The third-order valence-electron chi connectivity index (χ3n) is 5.25. The summed E-state index contributed by atoms with van der Waals surface area (Å²) in [6.07, 6.45) is -2.29. The lowest BCUT2D eigenvalue weighted by atomic mass is 9.92. The Bertz CT molecular complexity index is 518. The Labute approximate surface area is 168 Å². The average molecular weight is 429 g/mol. The van der Waals surface area contributed by atoms with Crippen LogP contribution in [0.15, 0.2) is 0 Å². The zero-order valence-corrected chi connectivity index (χ0v) is 17.3. The Morgan fingerprint density at radius 2 is 2.07 bits per heavy atom. The van der Waals surface area contributed by atoms with Crippen molar-refractivity contribution in [1.29, 1.82) is 0 Å². The van der Waals surface area contributed by atoms with Gasteiger partial charge in [0, 0.05) is 13.0 Å². The molecule has 2 fully saturated rings. The smallest absolute Gasteiger partial charge is 0.237 e. The van der Waals surface area contributed by atoms with Crippen molar-refractivity contribution in [2.45, 2.75) is 86.1 Å². The minimum absolute atomic E-state index is 0.0684. The third kappa shape index (κ3) is 5.26. The quantitative estimate of drug-likeness (QED) is 0.367. The van der Waals surface area contributed by atoms with Crippen LogP contribution in [0, 0.1) is 0 Å². The number of halogens is 2. The van der Waals surface area contributed by atoms with Crippen LogP contribution in [-0.2, 0) is 9.53 Å². The number of carbonyl (C=O) groups is 1. The van der Waals surface area contributed by atoms with Gasteiger partial charge in [-0.1, -0.05) is 13.3 Å². The van der Waals surface area contributed by atoms with Gasteiger partial charge in [-0.05, 0) is 19.6 Å². The molecule has 0 aromatic heterocycles. The molecule has 2 rings (SSSR count). The van der Waals surface area contributed by atoms with Crippen LogP contribution in [0.1, 0.15) is 33.1 Å². The molecule has 0 saturated carbocycles. The van der Waals surface area contributed by atoms with Crippen molar-refractivity contribution in [1.82, 2.24) is 10.6 Å². The standard InChI is InChI=1S/C17H30ClFN2O5S/c1-4-5-17(19)6-9(20-7-17)15(25)21-10(8(2)18)14-12(23)11(22)13(24)16(26-14)27-3/h8-14,16,20,22-24H,4-7H2,1-3H3,(H,21,25)/t8-,9?,10+,11-,12+,13+,14+,16+,17?/m0/s1. The summed E-state index contributed by atoms with van der Waals surface area (Å²) in [5, 5.41) is 35.4. The molecular weight excluding hydrogens is 399 g/mol. The summed E-state index contributed by atoms with van der Waals surface area (Å²) in [6, 6.07) is -1.53. The second-order valence-corrected chi connectivity index (χ2v) is 9.05. The number of nitrogens with one attached hydrogen (secondary N) is 2. The van der Waals surface area contributed by atoms with Crippen molar-refractivity contribution >= 4 is 29.3 Å². The molecule has 0 spiro atoms. The molecule has 2 aliphatic heterocycles. The van der Waals surface area contributed by atoms with E-state index in [0.717, 1.165) is 0 Å². The minimum Gasteiger partial charge on any atom is -0.388 e. The lowest BCUT2D eigenvalue weighted by Crippen LogP contribution is -2.65. The second-order valence-electron chi connectivity index (χ2n) is 7.43. The average Bonchev–Trinajstić information content (AvgIpc) is 3.00. The van der Waals surface area contributed by atoms with E-state index in [-0.39, 0.29) is 13.0 Å². The Morgan fingerprint density at radius 1 is 1.41 bits per heavy atom. The molecule has 0 aromatic rings. The second kappa shape index (κ2) is 9.56. The number of hydrogen-bond donors (Lipinski definition) is 5. The van der Waals surface area contributed by atoms with Crippen molar-refractivity contribution in [2.75, 3.05) is 12.8 Å². The van der Waals surface area contributed by atoms with Crippen LogP contribution in [0.5, 0.6) is 0 Å².